The molecule has 144 valence electrons. The van der Waals surface area contributed by atoms with E-state index in [1.54, 1.807) is 11.9 Å². The van der Waals surface area contributed by atoms with Crippen molar-refractivity contribution in [3.63, 3.8) is 0 Å². The molecule has 0 aromatic heterocycles. The second-order valence-corrected chi connectivity index (χ2v) is 7.38. The highest BCUT2D eigenvalue weighted by molar-refractivity contribution is 6.34. The van der Waals surface area contributed by atoms with E-state index in [0.717, 1.165) is 27.9 Å². The van der Waals surface area contributed by atoms with Crippen LogP contribution in [0.1, 0.15) is 22.3 Å². The van der Waals surface area contributed by atoms with Gasteiger partial charge < -0.3 is 10.6 Å². The summed E-state index contributed by atoms with van der Waals surface area (Å²) in [7, 11) is 1.73. The number of amides is 2. The van der Waals surface area contributed by atoms with Crippen LogP contribution in [0.3, 0.4) is 0 Å². The monoisotopic (exact) mass is 387 g/mol. The van der Waals surface area contributed by atoms with Gasteiger partial charge in [0.2, 0.25) is 11.8 Å². The minimum absolute atomic E-state index is 0.0871. The van der Waals surface area contributed by atoms with Crippen molar-refractivity contribution in [1.29, 1.82) is 0 Å². The Morgan fingerprint density at radius 2 is 1.41 bits per heavy atom. The number of carbonyl (C=O) groups is 2. The summed E-state index contributed by atoms with van der Waals surface area (Å²) in [6.45, 7) is 7.95. The second kappa shape index (κ2) is 9.02. The predicted octanol–water partition coefficient (Wildman–Crippen LogP) is 4.08. The molecule has 0 unspecified atom stereocenters. The van der Waals surface area contributed by atoms with Crippen LogP contribution in [0.4, 0.5) is 11.4 Å². The molecule has 0 atom stereocenters. The van der Waals surface area contributed by atoms with Gasteiger partial charge in [0.15, 0.2) is 0 Å². The Bertz CT molecular complexity index is 821. The molecule has 0 spiro atoms. The molecule has 0 fully saturated rings. The summed E-state index contributed by atoms with van der Waals surface area (Å²) in [6, 6.07) is 9.63. The lowest BCUT2D eigenvalue weighted by Crippen LogP contribution is -2.36. The lowest BCUT2D eigenvalue weighted by molar-refractivity contribution is -0.119. The maximum absolute atomic E-state index is 12.3. The van der Waals surface area contributed by atoms with Crippen molar-refractivity contribution in [2.24, 2.45) is 0 Å². The number of para-hydroxylation sites is 1. The molecule has 0 bridgehead atoms. The van der Waals surface area contributed by atoms with Crippen molar-refractivity contribution >= 4 is 34.8 Å². The number of carbonyl (C=O) groups excluding carboxylic acids is 2. The van der Waals surface area contributed by atoms with Crippen LogP contribution in [0.25, 0.3) is 0 Å². The molecule has 2 rings (SSSR count). The average Bonchev–Trinajstić information content (AvgIpc) is 2.54. The highest BCUT2D eigenvalue weighted by atomic mass is 35.5. The molecule has 0 aliphatic heterocycles. The molecule has 2 aromatic rings. The lowest BCUT2D eigenvalue weighted by atomic mass is 10.1. The van der Waals surface area contributed by atoms with Crippen molar-refractivity contribution in [2.45, 2.75) is 27.7 Å². The maximum atomic E-state index is 12.3. The van der Waals surface area contributed by atoms with Gasteiger partial charge >= 0.3 is 0 Å². The van der Waals surface area contributed by atoms with Crippen molar-refractivity contribution in [3.05, 3.63) is 57.6 Å². The first kappa shape index (κ1) is 20.9. The summed E-state index contributed by atoms with van der Waals surface area (Å²) in [5.41, 5.74) is 5.39. The van der Waals surface area contributed by atoms with Gasteiger partial charge in [0.05, 0.1) is 23.8 Å². The Hall–Kier alpha value is -2.37. The molecule has 0 aliphatic carbocycles. The lowest BCUT2D eigenvalue weighted by Gasteiger charge is -2.18. The number of nitrogens with one attached hydrogen (secondary N) is 2. The van der Waals surface area contributed by atoms with Crippen LogP contribution in [0.15, 0.2) is 30.3 Å². The van der Waals surface area contributed by atoms with Crippen LogP contribution < -0.4 is 10.6 Å². The summed E-state index contributed by atoms with van der Waals surface area (Å²) >= 11 is 6.23. The van der Waals surface area contributed by atoms with Crippen molar-refractivity contribution in [3.8, 4) is 0 Å². The zero-order valence-corrected chi connectivity index (χ0v) is 17.2. The smallest absolute Gasteiger partial charge is 0.238 e. The Morgan fingerprint density at radius 1 is 0.889 bits per heavy atom. The van der Waals surface area contributed by atoms with Crippen LogP contribution in [0.5, 0.6) is 0 Å². The molecule has 0 radical (unpaired) electrons. The topological polar surface area (TPSA) is 61.4 Å². The fourth-order valence-corrected chi connectivity index (χ4v) is 3.36. The normalized spacial score (nSPS) is 10.8. The van der Waals surface area contributed by atoms with E-state index in [0.29, 0.717) is 10.7 Å². The van der Waals surface area contributed by atoms with E-state index in [1.807, 2.05) is 58.0 Å². The third kappa shape index (κ3) is 5.81. The first-order valence-electron chi connectivity index (χ1n) is 8.78. The molecular formula is C21H26ClN3O2. The van der Waals surface area contributed by atoms with Gasteiger partial charge in [-0.25, -0.2) is 0 Å². The largest absolute Gasteiger partial charge is 0.324 e. The Balaban J connectivity index is 1.92. The van der Waals surface area contributed by atoms with Gasteiger partial charge in [0.1, 0.15) is 0 Å². The van der Waals surface area contributed by atoms with Crippen molar-refractivity contribution in [1.82, 2.24) is 4.90 Å². The fraction of sp³-hybridized carbons (Fsp3) is 0.333. The minimum atomic E-state index is -0.216. The number of halogens is 1. The van der Waals surface area contributed by atoms with Gasteiger partial charge in [-0.15, -0.1) is 0 Å². The highest BCUT2D eigenvalue weighted by Crippen LogP contribution is 2.27. The van der Waals surface area contributed by atoms with Crippen LogP contribution in [0.2, 0.25) is 5.02 Å². The quantitative estimate of drug-likeness (QED) is 0.785. The van der Waals surface area contributed by atoms with E-state index in [1.165, 1.54) is 0 Å². The molecule has 2 N–H and O–H groups in total. The number of hydrogen-bond donors (Lipinski definition) is 2. The third-order valence-electron chi connectivity index (χ3n) is 4.27. The van der Waals surface area contributed by atoms with Crippen molar-refractivity contribution in [2.75, 3.05) is 30.8 Å². The van der Waals surface area contributed by atoms with Gasteiger partial charge in [-0.2, -0.15) is 0 Å². The first-order chi connectivity index (χ1) is 12.7. The standard InChI is InChI=1S/C21H26ClN3O2/c1-13-9-16(4)21(17(22)10-13)24-19(27)12-25(5)11-18(26)23-20-14(2)7-6-8-15(20)3/h6-10H,11-12H2,1-5H3,(H,23,26)(H,24,27). The van der Waals surface area contributed by atoms with E-state index in [4.69, 9.17) is 11.6 Å². The minimum Gasteiger partial charge on any atom is -0.324 e. The van der Waals surface area contributed by atoms with Crippen LogP contribution >= 0.6 is 11.6 Å². The molecule has 5 nitrogen and oxygen atoms in total. The van der Waals surface area contributed by atoms with E-state index in [2.05, 4.69) is 10.6 Å². The zero-order chi connectivity index (χ0) is 20.1. The average molecular weight is 388 g/mol. The predicted molar refractivity (Wildman–Crippen MR) is 112 cm³/mol. The molecule has 6 heteroatoms. The number of aryl methyl sites for hydroxylation is 4. The number of anilines is 2. The molecule has 2 aromatic carbocycles. The molecular weight excluding hydrogens is 362 g/mol. The highest BCUT2D eigenvalue weighted by Gasteiger charge is 2.14. The molecule has 0 heterocycles. The van der Waals surface area contributed by atoms with Gasteiger partial charge in [-0.3, -0.25) is 14.5 Å². The van der Waals surface area contributed by atoms with Crippen LogP contribution in [-0.4, -0.2) is 36.9 Å². The van der Waals surface area contributed by atoms with Gasteiger partial charge in [-0.1, -0.05) is 35.9 Å². The summed E-state index contributed by atoms with van der Waals surface area (Å²) < 4.78 is 0. The van der Waals surface area contributed by atoms with Crippen LogP contribution in [-0.2, 0) is 9.59 Å². The van der Waals surface area contributed by atoms with Gasteiger partial charge in [0, 0.05) is 5.69 Å². The number of hydrogen-bond acceptors (Lipinski definition) is 3. The van der Waals surface area contributed by atoms with E-state index < -0.39 is 0 Å². The Morgan fingerprint density at radius 3 is 1.93 bits per heavy atom. The fourth-order valence-electron chi connectivity index (χ4n) is 2.99. The number of benzene rings is 2. The number of rotatable bonds is 6. The molecule has 2 amide bonds. The van der Waals surface area contributed by atoms with Gasteiger partial charge in [0.25, 0.3) is 0 Å². The SMILES string of the molecule is Cc1cc(C)c(NC(=O)CN(C)CC(=O)Nc2c(C)cccc2C)c(Cl)c1. The summed E-state index contributed by atoms with van der Waals surface area (Å²) in [6.07, 6.45) is 0. The van der Waals surface area contributed by atoms with E-state index in [-0.39, 0.29) is 24.9 Å². The van der Waals surface area contributed by atoms with Crippen LogP contribution in [0, 0.1) is 27.7 Å². The number of likely N-dealkylation sites (N-methyl/N-ethyl adjacent to an activating group) is 1. The van der Waals surface area contributed by atoms with Gasteiger partial charge in [-0.05, 0) is 63.1 Å². The van der Waals surface area contributed by atoms with Crippen molar-refractivity contribution < 1.29 is 9.59 Å². The zero-order valence-electron chi connectivity index (χ0n) is 16.4. The molecule has 0 saturated carbocycles. The molecule has 0 aliphatic rings. The number of nitrogens with zero attached hydrogens (tertiary/aromatic N) is 1. The summed E-state index contributed by atoms with van der Waals surface area (Å²) in [5.74, 6) is -0.376. The van der Waals surface area contributed by atoms with E-state index in [9.17, 15) is 9.59 Å². The maximum Gasteiger partial charge on any atom is 0.238 e. The van der Waals surface area contributed by atoms with E-state index >= 15 is 0 Å². The molecule has 27 heavy (non-hydrogen) atoms. The Kier molecular flexibility index (Phi) is 6.99. The Labute approximate surface area is 165 Å². The third-order valence-corrected chi connectivity index (χ3v) is 4.57. The second-order valence-electron chi connectivity index (χ2n) is 6.97. The summed E-state index contributed by atoms with van der Waals surface area (Å²) in [5, 5.41) is 6.27. The molecule has 0 saturated heterocycles. The first-order valence-corrected chi connectivity index (χ1v) is 9.16. The summed E-state index contributed by atoms with van der Waals surface area (Å²) in [4.78, 5) is 26.3.